The second kappa shape index (κ2) is 5.43. The fourth-order valence-corrected chi connectivity index (χ4v) is 3.78. The number of likely N-dealkylation sites (tertiary alicyclic amines) is 1. The first-order valence-electron chi connectivity index (χ1n) is 7.02. The van der Waals surface area contributed by atoms with Gasteiger partial charge < -0.3 is 4.90 Å². The van der Waals surface area contributed by atoms with Crippen molar-refractivity contribution in [3.05, 3.63) is 21.4 Å². The van der Waals surface area contributed by atoms with Gasteiger partial charge in [0.15, 0.2) is 0 Å². The van der Waals surface area contributed by atoms with Crippen LogP contribution in [0.25, 0.3) is 0 Å². The number of thiophene rings is 1. The van der Waals surface area contributed by atoms with Crippen LogP contribution in [0.1, 0.15) is 66.1 Å². The smallest absolute Gasteiger partial charge is 0.267 e. The first-order valence-corrected chi connectivity index (χ1v) is 7.83. The van der Waals surface area contributed by atoms with E-state index in [1.54, 1.807) is 0 Å². The highest BCUT2D eigenvalue weighted by Gasteiger charge is 2.40. The SMILES string of the molecule is CC(C)c1cc(C(=O)N2CCC(F)(F)C2)sc1C(C)C. The van der Waals surface area contributed by atoms with Crippen LogP contribution in [0.15, 0.2) is 6.07 Å². The van der Waals surface area contributed by atoms with Crippen molar-refractivity contribution in [2.24, 2.45) is 0 Å². The minimum Gasteiger partial charge on any atom is -0.332 e. The summed E-state index contributed by atoms with van der Waals surface area (Å²) in [5.74, 6) is -2.29. The molecule has 2 nitrogen and oxygen atoms in total. The quantitative estimate of drug-likeness (QED) is 0.806. The van der Waals surface area contributed by atoms with E-state index in [-0.39, 0.29) is 18.9 Å². The van der Waals surface area contributed by atoms with Gasteiger partial charge in [-0.2, -0.15) is 0 Å². The molecule has 1 fully saturated rings. The highest BCUT2D eigenvalue weighted by atomic mass is 32.1. The molecule has 1 aromatic heterocycles. The predicted molar refractivity (Wildman–Crippen MR) is 78.0 cm³/mol. The van der Waals surface area contributed by atoms with Gasteiger partial charge in [-0.3, -0.25) is 4.79 Å². The molecule has 2 rings (SSSR count). The number of carbonyl (C=O) groups is 1. The van der Waals surface area contributed by atoms with Gasteiger partial charge in [-0.15, -0.1) is 11.3 Å². The number of alkyl halides is 2. The molecule has 0 saturated carbocycles. The van der Waals surface area contributed by atoms with Crippen molar-refractivity contribution in [1.29, 1.82) is 0 Å². The molecule has 0 atom stereocenters. The second-order valence-electron chi connectivity index (χ2n) is 6.07. The molecular weight excluding hydrogens is 280 g/mol. The van der Waals surface area contributed by atoms with Gasteiger partial charge in [0.2, 0.25) is 0 Å². The van der Waals surface area contributed by atoms with Crippen molar-refractivity contribution in [3.63, 3.8) is 0 Å². The molecule has 1 aliphatic rings. The Kier molecular flexibility index (Phi) is 4.19. The van der Waals surface area contributed by atoms with Crippen LogP contribution in [0.4, 0.5) is 8.78 Å². The van der Waals surface area contributed by atoms with Crippen molar-refractivity contribution in [1.82, 2.24) is 4.90 Å². The van der Waals surface area contributed by atoms with E-state index < -0.39 is 12.5 Å². The molecule has 1 aliphatic heterocycles. The largest absolute Gasteiger partial charge is 0.332 e. The Morgan fingerprint density at radius 1 is 1.30 bits per heavy atom. The first-order chi connectivity index (χ1) is 9.21. The number of hydrogen-bond donors (Lipinski definition) is 0. The highest BCUT2D eigenvalue weighted by Crippen LogP contribution is 2.36. The molecule has 1 aromatic rings. The van der Waals surface area contributed by atoms with E-state index in [0.717, 1.165) is 0 Å². The third kappa shape index (κ3) is 3.03. The van der Waals surface area contributed by atoms with E-state index in [1.807, 2.05) is 6.07 Å². The average molecular weight is 301 g/mol. The molecule has 0 aliphatic carbocycles. The normalized spacial score (nSPS) is 18.3. The Bertz CT molecular complexity index is 482. The lowest BCUT2D eigenvalue weighted by Gasteiger charge is -2.14. The maximum Gasteiger partial charge on any atom is 0.267 e. The molecule has 112 valence electrons. The van der Waals surface area contributed by atoms with E-state index in [9.17, 15) is 13.6 Å². The number of halogens is 2. The number of rotatable bonds is 3. The maximum absolute atomic E-state index is 13.2. The maximum atomic E-state index is 13.2. The zero-order chi connectivity index (χ0) is 15.1. The third-order valence-corrected chi connectivity index (χ3v) is 5.04. The van der Waals surface area contributed by atoms with Crippen LogP contribution in [0.2, 0.25) is 0 Å². The molecule has 0 spiro atoms. The minimum absolute atomic E-state index is 0.151. The van der Waals surface area contributed by atoms with Crippen LogP contribution >= 0.6 is 11.3 Å². The Balaban J connectivity index is 2.25. The average Bonchev–Trinajstić information content (AvgIpc) is 2.91. The summed E-state index contributed by atoms with van der Waals surface area (Å²) in [6.45, 7) is 8.07. The van der Waals surface area contributed by atoms with Gasteiger partial charge in [0.25, 0.3) is 11.8 Å². The Morgan fingerprint density at radius 3 is 2.35 bits per heavy atom. The zero-order valence-electron chi connectivity index (χ0n) is 12.4. The lowest BCUT2D eigenvalue weighted by molar-refractivity contribution is 0.0121. The monoisotopic (exact) mass is 301 g/mol. The predicted octanol–water partition coefficient (Wildman–Crippen LogP) is 4.48. The van der Waals surface area contributed by atoms with E-state index in [1.165, 1.54) is 26.7 Å². The summed E-state index contributed by atoms with van der Waals surface area (Å²) in [7, 11) is 0. The van der Waals surface area contributed by atoms with Crippen LogP contribution in [-0.2, 0) is 0 Å². The Labute approximate surface area is 122 Å². The lowest BCUT2D eigenvalue weighted by atomic mass is 9.99. The molecule has 0 N–H and O–H groups in total. The number of amides is 1. The molecule has 0 bridgehead atoms. The van der Waals surface area contributed by atoms with E-state index >= 15 is 0 Å². The summed E-state index contributed by atoms with van der Waals surface area (Å²) in [6, 6.07) is 1.89. The molecule has 1 saturated heterocycles. The van der Waals surface area contributed by atoms with Crippen LogP contribution in [0.5, 0.6) is 0 Å². The number of nitrogens with zero attached hydrogens (tertiary/aromatic N) is 1. The molecule has 20 heavy (non-hydrogen) atoms. The molecular formula is C15H21F2NOS. The van der Waals surface area contributed by atoms with E-state index in [0.29, 0.717) is 16.7 Å². The van der Waals surface area contributed by atoms with E-state index in [2.05, 4.69) is 27.7 Å². The van der Waals surface area contributed by atoms with Crippen LogP contribution in [0.3, 0.4) is 0 Å². The number of hydrogen-bond acceptors (Lipinski definition) is 2. The summed E-state index contributed by atoms with van der Waals surface area (Å²) in [6.07, 6.45) is -0.224. The standard InChI is InChI=1S/C15H21F2NOS/c1-9(2)11-7-12(20-13(11)10(3)4)14(19)18-6-5-15(16,17)8-18/h7,9-10H,5-6,8H2,1-4H3. The van der Waals surface area contributed by atoms with Gasteiger partial charge in [0.1, 0.15) is 0 Å². The summed E-state index contributed by atoms with van der Waals surface area (Å²) in [5.41, 5.74) is 1.17. The van der Waals surface area contributed by atoms with Gasteiger partial charge in [0.05, 0.1) is 11.4 Å². The Morgan fingerprint density at radius 2 is 1.95 bits per heavy atom. The van der Waals surface area contributed by atoms with E-state index in [4.69, 9.17) is 0 Å². The molecule has 0 unspecified atom stereocenters. The fourth-order valence-electron chi connectivity index (χ4n) is 2.49. The van der Waals surface area contributed by atoms with Gasteiger partial charge in [-0.25, -0.2) is 8.78 Å². The van der Waals surface area contributed by atoms with Gasteiger partial charge in [-0.05, 0) is 23.5 Å². The molecule has 0 radical (unpaired) electrons. The first kappa shape index (κ1) is 15.4. The summed E-state index contributed by atoms with van der Waals surface area (Å²) >= 11 is 1.45. The molecule has 0 aromatic carbocycles. The third-order valence-electron chi connectivity index (χ3n) is 3.61. The number of carbonyl (C=O) groups excluding carboxylic acids is 1. The van der Waals surface area contributed by atoms with Crippen LogP contribution < -0.4 is 0 Å². The van der Waals surface area contributed by atoms with Crippen molar-refractivity contribution in [2.45, 2.75) is 51.9 Å². The second-order valence-corrected chi connectivity index (χ2v) is 7.16. The Hall–Kier alpha value is -0.970. The van der Waals surface area contributed by atoms with Gasteiger partial charge >= 0.3 is 0 Å². The van der Waals surface area contributed by atoms with Gasteiger partial charge in [0, 0.05) is 17.8 Å². The van der Waals surface area contributed by atoms with Crippen molar-refractivity contribution >= 4 is 17.2 Å². The van der Waals surface area contributed by atoms with Gasteiger partial charge in [-0.1, -0.05) is 27.7 Å². The highest BCUT2D eigenvalue weighted by molar-refractivity contribution is 7.14. The summed E-state index contributed by atoms with van der Waals surface area (Å²) < 4.78 is 26.4. The zero-order valence-corrected chi connectivity index (χ0v) is 13.2. The topological polar surface area (TPSA) is 20.3 Å². The lowest BCUT2D eigenvalue weighted by Crippen LogP contribution is -2.30. The summed E-state index contributed by atoms with van der Waals surface area (Å²) in [5, 5.41) is 0. The van der Waals surface area contributed by atoms with Crippen LogP contribution in [-0.4, -0.2) is 29.8 Å². The van der Waals surface area contributed by atoms with Crippen molar-refractivity contribution < 1.29 is 13.6 Å². The van der Waals surface area contributed by atoms with Crippen molar-refractivity contribution in [3.8, 4) is 0 Å². The minimum atomic E-state index is -2.73. The van der Waals surface area contributed by atoms with Crippen LogP contribution in [0, 0.1) is 0 Å². The molecule has 1 amide bonds. The molecule has 5 heteroatoms. The summed E-state index contributed by atoms with van der Waals surface area (Å²) in [4.78, 5) is 15.4. The molecule has 2 heterocycles. The fraction of sp³-hybridized carbons (Fsp3) is 0.667. The van der Waals surface area contributed by atoms with Crippen molar-refractivity contribution in [2.75, 3.05) is 13.1 Å².